The first kappa shape index (κ1) is 16.1. The topological polar surface area (TPSA) is 61.7 Å². The van der Waals surface area contributed by atoms with Crippen LogP contribution < -0.4 is 9.80 Å². The average Bonchev–Trinajstić information content (AvgIpc) is 2.82. The monoisotopic (exact) mass is 332 g/mol. The molecule has 2 saturated heterocycles. The van der Waals surface area contributed by atoms with Gasteiger partial charge in [0.2, 0.25) is 5.95 Å². The van der Waals surface area contributed by atoms with Crippen molar-refractivity contribution in [3.63, 3.8) is 0 Å². The fourth-order valence-corrected chi connectivity index (χ4v) is 4.23. The zero-order valence-electron chi connectivity index (χ0n) is 14.7. The molecule has 0 radical (unpaired) electrons. The first-order chi connectivity index (χ1) is 11.6. The lowest BCUT2D eigenvalue weighted by molar-refractivity contribution is -0.0615. The van der Waals surface area contributed by atoms with Crippen LogP contribution in [0.4, 0.5) is 11.8 Å². The summed E-state index contributed by atoms with van der Waals surface area (Å²) in [6, 6.07) is 2.04. The number of aryl methyl sites for hydroxylation is 1. The maximum atomic E-state index is 11.2. The molecule has 0 spiro atoms. The van der Waals surface area contributed by atoms with Crippen LogP contribution in [0.15, 0.2) is 6.07 Å². The highest BCUT2D eigenvalue weighted by atomic mass is 16.5. The van der Waals surface area contributed by atoms with Gasteiger partial charge < -0.3 is 19.6 Å². The summed E-state index contributed by atoms with van der Waals surface area (Å²) < 4.78 is 5.43. The average molecular weight is 332 g/mol. The van der Waals surface area contributed by atoms with E-state index in [0.29, 0.717) is 12.5 Å². The van der Waals surface area contributed by atoms with Gasteiger partial charge in [-0.3, -0.25) is 0 Å². The Morgan fingerprint density at radius 1 is 1.21 bits per heavy atom. The number of β-amino-alcohol motifs (C(OH)–C–C–N with tert-alkyl or cyclic N) is 1. The van der Waals surface area contributed by atoms with Gasteiger partial charge in [-0.1, -0.05) is 13.3 Å². The standard InChI is InChI=1S/C18H28N4O2/c1-13-11-22(12-18(13,23)15-4-3-5-15)16-10-14(2)19-17(20-16)21-6-8-24-9-7-21/h10,13,15,23H,3-9,11-12H2,1-2H3/t13-,18+/m1/s1. The van der Waals surface area contributed by atoms with Gasteiger partial charge in [-0.05, 0) is 25.7 Å². The third kappa shape index (κ3) is 2.75. The zero-order valence-corrected chi connectivity index (χ0v) is 14.7. The van der Waals surface area contributed by atoms with Gasteiger partial charge in [0, 0.05) is 43.9 Å². The van der Waals surface area contributed by atoms with E-state index in [9.17, 15) is 5.11 Å². The van der Waals surface area contributed by atoms with E-state index in [1.807, 2.05) is 13.0 Å². The van der Waals surface area contributed by atoms with Gasteiger partial charge in [-0.2, -0.15) is 4.98 Å². The number of nitrogens with zero attached hydrogens (tertiary/aromatic N) is 4. The van der Waals surface area contributed by atoms with Gasteiger partial charge in [0.05, 0.1) is 18.8 Å². The molecule has 3 heterocycles. The molecular weight excluding hydrogens is 304 g/mol. The normalized spacial score (nSPS) is 31.4. The van der Waals surface area contributed by atoms with Crippen molar-refractivity contribution in [3.8, 4) is 0 Å². The lowest BCUT2D eigenvalue weighted by atomic mass is 9.69. The largest absolute Gasteiger partial charge is 0.387 e. The summed E-state index contributed by atoms with van der Waals surface area (Å²) in [6.07, 6.45) is 3.58. The molecule has 1 saturated carbocycles. The van der Waals surface area contributed by atoms with Crippen molar-refractivity contribution >= 4 is 11.8 Å². The van der Waals surface area contributed by atoms with Gasteiger partial charge >= 0.3 is 0 Å². The van der Waals surface area contributed by atoms with Crippen LogP contribution >= 0.6 is 0 Å². The van der Waals surface area contributed by atoms with Crippen molar-refractivity contribution in [2.45, 2.75) is 38.7 Å². The Labute approximate surface area is 143 Å². The van der Waals surface area contributed by atoms with Crippen molar-refractivity contribution in [2.24, 2.45) is 11.8 Å². The van der Waals surface area contributed by atoms with Crippen molar-refractivity contribution in [1.82, 2.24) is 9.97 Å². The number of rotatable bonds is 3. The van der Waals surface area contributed by atoms with Crippen LogP contribution in [0, 0.1) is 18.8 Å². The molecule has 1 aliphatic carbocycles. The highest BCUT2D eigenvalue weighted by molar-refractivity contribution is 5.48. The summed E-state index contributed by atoms with van der Waals surface area (Å²) in [7, 11) is 0. The first-order valence-electron chi connectivity index (χ1n) is 9.22. The van der Waals surface area contributed by atoms with Crippen LogP contribution in [0.5, 0.6) is 0 Å². The minimum atomic E-state index is -0.559. The van der Waals surface area contributed by atoms with Gasteiger partial charge in [-0.25, -0.2) is 4.98 Å². The van der Waals surface area contributed by atoms with E-state index in [-0.39, 0.29) is 5.92 Å². The third-order valence-corrected chi connectivity index (χ3v) is 6.05. The van der Waals surface area contributed by atoms with E-state index in [2.05, 4.69) is 21.7 Å². The minimum absolute atomic E-state index is 0.282. The maximum absolute atomic E-state index is 11.2. The highest BCUT2D eigenvalue weighted by Gasteiger charge is 2.50. The van der Waals surface area contributed by atoms with E-state index in [1.54, 1.807) is 0 Å². The lowest BCUT2D eigenvalue weighted by Crippen LogP contribution is -2.47. The maximum Gasteiger partial charge on any atom is 0.227 e. The van der Waals surface area contributed by atoms with Crippen LogP contribution in [0.3, 0.4) is 0 Å². The van der Waals surface area contributed by atoms with E-state index < -0.39 is 5.60 Å². The number of aromatic nitrogens is 2. The number of hydrogen-bond acceptors (Lipinski definition) is 6. The molecule has 0 unspecified atom stereocenters. The predicted octanol–water partition coefficient (Wildman–Crippen LogP) is 1.61. The Kier molecular flexibility index (Phi) is 4.12. The van der Waals surface area contributed by atoms with Crippen LogP contribution in [-0.4, -0.2) is 60.1 Å². The third-order valence-electron chi connectivity index (χ3n) is 6.05. The highest BCUT2D eigenvalue weighted by Crippen LogP contribution is 2.44. The number of ether oxygens (including phenoxy) is 1. The number of anilines is 2. The smallest absolute Gasteiger partial charge is 0.227 e. The Morgan fingerprint density at radius 3 is 2.62 bits per heavy atom. The second-order valence-electron chi connectivity index (χ2n) is 7.67. The molecule has 24 heavy (non-hydrogen) atoms. The van der Waals surface area contributed by atoms with Crippen molar-refractivity contribution < 1.29 is 9.84 Å². The fourth-order valence-electron chi connectivity index (χ4n) is 4.23. The Balaban J connectivity index is 1.56. The molecule has 0 aromatic carbocycles. The molecule has 2 aliphatic heterocycles. The van der Waals surface area contributed by atoms with Gasteiger partial charge in [-0.15, -0.1) is 0 Å². The zero-order chi connectivity index (χ0) is 16.7. The molecule has 1 aromatic rings. The van der Waals surface area contributed by atoms with Gasteiger partial charge in [0.15, 0.2) is 0 Å². The summed E-state index contributed by atoms with van der Waals surface area (Å²) in [5, 5.41) is 11.2. The first-order valence-corrected chi connectivity index (χ1v) is 9.22. The molecule has 1 N–H and O–H groups in total. The Hall–Kier alpha value is -1.40. The molecule has 132 valence electrons. The molecule has 3 fully saturated rings. The summed E-state index contributed by atoms with van der Waals surface area (Å²) in [4.78, 5) is 13.9. The van der Waals surface area contributed by atoms with Crippen molar-refractivity contribution in [1.29, 1.82) is 0 Å². The second kappa shape index (κ2) is 6.15. The predicted molar refractivity (Wildman–Crippen MR) is 93.5 cm³/mol. The summed E-state index contributed by atoms with van der Waals surface area (Å²) >= 11 is 0. The van der Waals surface area contributed by atoms with Crippen molar-refractivity contribution in [3.05, 3.63) is 11.8 Å². The van der Waals surface area contributed by atoms with Crippen LogP contribution in [0.25, 0.3) is 0 Å². The van der Waals surface area contributed by atoms with Crippen LogP contribution in [0.1, 0.15) is 31.9 Å². The molecule has 3 aliphatic rings. The van der Waals surface area contributed by atoms with E-state index >= 15 is 0 Å². The number of morpholine rings is 1. The summed E-state index contributed by atoms with van der Waals surface area (Å²) in [5.74, 6) is 2.48. The van der Waals surface area contributed by atoms with E-state index in [1.165, 1.54) is 6.42 Å². The van der Waals surface area contributed by atoms with Crippen LogP contribution in [-0.2, 0) is 4.74 Å². The second-order valence-corrected chi connectivity index (χ2v) is 7.67. The Bertz CT molecular complexity index is 601. The summed E-state index contributed by atoms with van der Waals surface area (Å²) in [6.45, 7) is 8.89. The minimum Gasteiger partial charge on any atom is -0.387 e. The molecule has 1 aromatic heterocycles. The SMILES string of the molecule is Cc1cc(N2C[C@@H](C)[C@](O)(C3CCC3)C2)nc(N2CCOCC2)n1. The molecular formula is C18H28N4O2. The fraction of sp³-hybridized carbons (Fsp3) is 0.778. The van der Waals surface area contributed by atoms with E-state index in [0.717, 1.165) is 63.1 Å². The Morgan fingerprint density at radius 2 is 1.96 bits per heavy atom. The molecule has 4 rings (SSSR count). The molecule has 0 bridgehead atoms. The quantitative estimate of drug-likeness (QED) is 0.907. The number of hydrogen-bond donors (Lipinski definition) is 1. The van der Waals surface area contributed by atoms with E-state index in [4.69, 9.17) is 9.72 Å². The molecule has 2 atom stereocenters. The van der Waals surface area contributed by atoms with Crippen LogP contribution in [0.2, 0.25) is 0 Å². The van der Waals surface area contributed by atoms with Gasteiger partial charge in [0.25, 0.3) is 0 Å². The van der Waals surface area contributed by atoms with Gasteiger partial charge in [0.1, 0.15) is 5.82 Å². The molecule has 0 amide bonds. The number of aliphatic hydroxyl groups is 1. The molecule has 6 heteroatoms. The van der Waals surface area contributed by atoms with Crippen molar-refractivity contribution in [2.75, 3.05) is 49.2 Å². The lowest BCUT2D eigenvalue weighted by Gasteiger charge is -2.41. The summed E-state index contributed by atoms with van der Waals surface area (Å²) in [5.41, 5.74) is 0.421. The molecule has 6 nitrogen and oxygen atoms in total.